The van der Waals surface area contributed by atoms with E-state index >= 15 is 0 Å². The van der Waals surface area contributed by atoms with E-state index in [2.05, 4.69) is 4.74 Å². The van der Waals surface area contributed by atoms with E-state index in [1.54, 1.807) is 0 Å². The number of carbonyl (C=O) groups excluding carboxylic acids is 1. The number of rotatable bonds is 4. The Morgan fingerprint density at radius 3 is 2.50 bits per heavy atom. The van der Waals surface area contributed by atoms with Crippen LogP contribution in [-0.4, -0.2) is 18.3 Å². The topological polar surface area (TPSA) is 26.3 Å². The minimum atomic E-state index is -3.05. The number of hydrogen-bond donors (Lipinski definition) is 0. The second kappa shape index (κ2) is 5.66. The summed E-state index contributed by atoms with van der Waals surface area (Å²) in [5.74, 6) is -1.09. The molecule has 0 amide bonds. The smallest absolute Gasteiger partial charge is 0.387 e. The van der Waals surface area contributed by atoms with Gasteiger partial charge in [0.2, 0.25) is 0 Å². The molecule has 88 valence electrons. The van der Waals surface area contributed by atoms with Crippen molar-refractivity contribution in [2.45, 2.75) is 6.61 Å². The molecule has 0 N–H and O–H groups in total. The molecule has 0 saturated heterocycles. The van der Waals surface area contributed by atoms with Gasteiger partial charge in [0.15, 0.2) is 5.78 Å². The van der Waals surface area contributed by atoms with Crippen LogP contribution in [0.4, 0.5) is 8.78 Å². The number of carbonyl (C=O) groups is 1. The zero-order chi connectivity index (χ0) is 12.3. The average Bonchev–Trinajstić information content (AvgIpc) is 2.22. The van der Waals surface area contributed by atoms with E-state index in [9.17, 15) is 13.6 Å². The van der Waals surface area contributed by atoms with Gasteiger partial charge in [0.1, 0.15) is 10.8 Å². The van der Waals surface area contributed by atoms with E-state index in [4.69, 9.17) is 34.8 Å². The van der Waals surface area contributed by atoms with Gasteiger partial charge in [0.05, 0.1) is 10.9 Å². The van der Waals surface area contributed by atoms with Gasteiger partial charge < -0.3 is 4.74 Å². The highest BCUT2D eigenvalue weighted by Gasteiger charge is 2.15. The lowest BCUT2D eigenvalue weighted by Gasteiger charge is -2.09. The van der Waals surface area contributed by atoms with Crippen LogP contribution in [0.15, 0.2) is 12.1 Å². The lowest BCUT2D eigenvalue weighted by atomic mass is 10.1. The van der Waals surface area contributed by atoms with Gasteiger partial charge in [-0.15, -0.1) is 11.6 Å². The Bertz CT molecular complexity index is 410. The van der Waals surface area contributed by atoms with Gasteiger partial charge in [0.25, 0.3) is 0 Å². The Balaban J connectivity index is 3.16. The largest absolute Gasteiger partial charge is 0.433 e. The van der Waals surface area contributed by atoms with Crippen molar-refractivity contribution in [3.63, 3.8) is 0 Å². The quantitative estimate of drug-likeness (QED) is 0.618. The molecule has 0 heterocycles. The highest BCUT2D eigenvalue weighted by atomic mass is 35.5. The molecule has 2 nitrogen and oxygen atoms in total. The van der Waals surface area contributed by atoms with Crippen LogP contribution >= 0.6 is 34.8 Å². The Kier molecular flexibility index (Phi) is 4.77. The first-order chi connectivity index (χ1) is 7.45. The van der Waals surface area contributed by atoms with E-state index in [1.807, 2.05) is 0 Å². The summed E-state index contributed by atoms with van der Waals surface area (Å²) >= 11 is 16.6. The van der Waals surface area contributed by atoms with E-state index in [0.717, 1.165) is 6.07 Å². The molecular formula is C9H5Cl3F2O2. The van der Waals surface area contributed by atoms with Crippen LogP contribution in [0.3, 0.4) is 0 Å². The van der Waals surface area contributed by atoms with Crippen LogP contribution in [0.1, 0.15) is 10.4 Å². The Morgan fingerprint density at radius 2 is 2.00 bits per heavy atom. The third kappa shape index (κ3) is 3.20. The molecule has 0 aliphatic carbocycles. The van der Waals surface area contributed by atoms with E-state index < -0.39 is 12.4 Å². The molecule has 0 aliphatic rings. The predicted octanol–water partition coefficient (Wildman–Crippen LogP) is 4.02. The SMILES string of the molecule is O=C(CCl)c1cc(Cl)c(Cl)c(OC(F)F)c1. The van der Waals surface area contributed by atoms with Crippen molar-refractivity contribution in [2.75, 3.05) is 5.88 Å². The standard InChI is InChI=1S/C9H5Cl3F2O2/c10-3-6(15)4-1-5(11)8(12)7(2-4)16-9(13)14/h1-2,9H,3H2. The minimum absolute atomic E-state index is 0.0479. The molecule has 0 unspecified atom stereocenters. The fraction of sp³-hybridized carbons (Fsp3) is 0.222. The number of ketones is 1. The molecule has 0 saturated carbocycles. The van der Waals surface area contributed by atoms with Crippen molar-refractivity contribution in [2.24, 2.45) is 0 Å². The van der Waals surface area contributed by atoms with Crippen molar-refractivity contribution in [1.29, 1.82) is 0 Å². The Labute approximate surface area is 105 Å². The second-order valence-electron chi connectivity index (χ2n) is 2.71. The number of hydrogen-bond acceptors (Lipinski definition) is 2. The van der Waals surface area contributed by atoms with Crippen molar-refractivity contribution in [3.05, 3.63) is 27.7 Å². The third-order valence-corrected chi connectivity index (χ3v) is 2.68. The summed E-state index contributed by atoms with van der Waals surface area (Å²) in [7, 11) is 0. The van der Waals surface area contributed by atoms with E-state index in [1.165, 1.54) is 6.07 Å². The van der Waals surface area contributed by atoms with Gasteiger partial charge >= 0.3 is 6.61 Å². The lowest BCUT2D eigenvalue weighted by molar-refractivity contribution is -0.0498. The molecule has 1 rings (SSSR count). The Morgan fingerprint density at radius 1 is 1.38 bits per heavy atom. The summed E-state index contributed by atoms with van der Waals surface area (Å²) < 4.78 is 28.1. The summed E-state index contributed by atoms with van der Waals surface area (Å²) in [4.78, 5) is 11.2. The van der Waals surface area contributed by atoms with Gasteiger partial charge in [-0.05, 0) is 12.1 Å². The van der Waals surface area contributed by atoms with E-state index in [0.29, 0.717) is 0 Å². The summed E-state index contributed by atoms with van der Waals surface area (Å²) in [6.45, 7) is -3.05. The molecule has 0 atom stereocenters. The number of ether oxygens (including phenoxy) is 1. The number of benzene rings is 1. The summed E-state index contributed by atoms with van der Waals surface area (Å²) in [5.41, 5.74) is 0.0695. The number of Topliss-reactive ketones (excluding diaryl/α,β-unsaturated/α-hetero) is 1. The Hall–Kier alpha value is -0.580. The van der Waals surface area contributed by atoms with Crippen LogP contribution in [0, 0.1) is 0 Å². The summed E-state index contributed by atoms with van der Waals surface area (Å²) in [6, 6.07) is 2.32. The molecule has 0 radical (unpaired) electrons. The monoisotopic (exact) mass is 288 g/mol. The van der Waals surface area contributed by atoms with Crippen LogP contribution < -0.4 is 4.74 Å². The molecule has 0 fully saturated rings. The molecule has 1 aromatic carbocycles. The van der Waals surface area contributed by atoms with Crippen molar-refractivity contribution in [1.82, 2.24) is 0 Å². The molecule has 0 aliphatic heterocycles. The van der Waals surface area contributed by atoms with Gasteiger partial charge in [-0.1, -0.05) is 23.2 Å². The highest BCUT2D eigenvalue weighted by Crippen LogP contribution is 2.34. The maximum absolute atomic E-state index is 12.0. The van der Waals surface area contributed by atoms with Gasteiger partial charge in [0, 0.05) is 5.56 Å². The summed E-state index contributed by atoms with van der Waals surface area (Å²) in [6.07, 6.45) is 0. The minimum Gasteiger partial charge on any atom is -0.433 e. The first-order valence-electron chi connectivity index (χ1n) is 3.98. The molecule has 0 spiro atoms. The predicted molar refractivity (Wildman–Crippen MR) is 58.1 cm³/mol. The zero-order valence-corrected chi connectivity index (χ0v) is 9.91. The van der Waals surface area contributed by atoms with Crippen LogP contribution in [0.25, 0.3) is 0 Å². The number of alkyl halides is 3. The fourth-order valence-electron chi connectivity index (χ4n) is 0.984. The highest BCUT2D eigenvalue weighted by molar-refractivity contribution is 6.43. The maximum Gasteiger partial charge on any atom is 0.387 e. The van der Waals surface area contributed by atoms with Crippen LogP contribution in [0.5, 0.6) is 5.75 Å². The van der Waals surface area contributed by atoms with Crippen LogP contribution in [-0.2, 0) is 0 Å². The first-order valence-corrected chi connectivity index (χ1v) is 5.27. The van der Waals surface area contributed by atoms with Crippen molar-refractivity contribution < 1.29 is 18.3 Å². The molecular weight excluding hydrogens is 284 g/mol. The van der Waals surface area contributed by atoms with Crippen molar-refractivity contribution >= 4 is 40.6 Å². The number of halogens is 5. The molecule has 1 aromatic rings. The van der Waals surface area contributed by atoms with Gasteiger partial charge in [-0.2, -0.15) is 8.78 Å². The first kappa shape index (κ1) is 13.5. The molecule has 0 aromatic heterocycles. The zero-order valence-electron chi connectivity index (χ0n) is 7.65. The summed E-state index contributed by atoms with van der Waals surface area (Å²) in [5, 5.41) is -0.221. The third-order valence-electron chi connectivity index (χ3n) is 1.65. The lowest BCUT2D eigenvalue weighted by Crippen LogP contribution is -2.05. The van der Waals surface area contributed by atoms with Gasteiger partial charge in [-0.3, -0.25) is 4.79 Å². The van der Waals surface area contributed by atoms with E-state index in [-0.39, 0.29) is 27.2 Å². The maximum atomic E-state index is 12.0. The normalized spacial score (nSPS) is 10.6. The van der Waals surface area contributed by atoms with Crippen molar-refractivity contribution in [3.8, 4) is 5.75 Å². The van der Waals surface area contributed by atoms with Crippen LogP contribution in [0.2, 0.25) is 10.0 Å². The fourth-order valence-corrected chi connectivity index (χ4v) is 1.50. The molecule has 0 bridgehead atoms. The average molecular weight is 289 g/mol. The van der Waals surface area contributed by atoms with Gasteiger partial charge in [-0.25, -0.2) is 0 Å². The second-order valence-corrected chi connectivity index (χ2v) is 3.76. The molecule has 7 heteroatoms. The molecule has 16 heavy (non-hydrogen) atoms.